The van der Waals surface area contributed by atoms with Gasteiger partial charge < -0.3 is 11.1 Å². The van der Waals surface area contributed by atoms with Crippen LogP contribution >= 0.6 is 11.8 Å². The number of hydrogen-bond donors (Lipinski definition) is 2. The average Bonchev–Trinajstić information content (AvgIpc) is 2.82. The van der Waals surface area contributed by atoms with E-state index < -0.39 is 0 Å². The number of hydrogen-bond acceptors (Lipinski definition) is 6. The Morgan fingerprint density at radius 2 is 2.25 bits per heavy atom. The number of rotatable bonds is 7. The van der Waals surface area contributed by atoms with E-state index in [-0.39, 0.29) is 0 Å². The third-order valence-corrected chi connectivity index (χ3v) is 3.62. The van der Waals surface area contributed by atoms with E-state index >= 15 is 0 Å². The summed E-state index contributed by atoms with van der Waals surface area (Å²) in [5.41, 5.74) is 6.92. The van der Waals surface area contributed by atoms with Crippen LogP contribution in [-0.2, 0) is 13.6 Å². The molecule has 0 aromatic carbocycles. The topological polar surface area (TPSA) is 81.6 Å². The molecular weight excluding hydrogens is 272 g/mol. The maximum atomic E-state index is 5.82. The molecule has 0 saturated heterocycles. The van der Waals surface area contributed by atoms with Gasteiger partial charge in [0.1, 0.15) is 11.6 Å². The Hall–Kier alpha value is -1.76. The van der Waals surface area contributed by atoms with Crippen LogP contribution in [0.1, 0.15) is 25.3 Å². The third-order valence-electron chi connectivity index (χ3n) is 2.69. The summed E-state index contributed by atoms with van der Waals surface area (Å²) in [5.74, 6) is 2.26. The van der Waals surface area contributed by atoms with Crippen LogP contribution < -0.4 is 11.1 Å². The minimum absolute atomic E-state index is 0.493. The fourth-order valence-electron chi connectivity index (χ4n) is 1.66. The molecule has 2 rings (SSSR count). The molecule has 0 aliphatic heterocycles. The monoisotopic (exact) mass is 292 g/mol. The molecule has 0 radical (unpaired) electrons. The number of nitrogens with two attached hydrogens (primary N) is 1. The SMILES string of the molecule is CCCCSc1nc(N)cc(NCc2cnn(C)c2)n1. The van der Waals surface area contributed by atoms with Crippen molar-refractivity contribution in [3.8, 4) is 0 Å². The maximum absolute atomic E-state index is 5.82. The van der Waals surface area contributed by atoms with Gasteiger partial charge in [0.2, 0.25) is 0 Å². The lowest BCUT2D eigenvalue weighted by Gasteiger charge is -2.07. The highest BCUT2D eigenvalue weighted by atomic mass is 32.2. The Bertz CT molecular complexity index is 554. The first-order valence-corrected chi connectivity index (χ1v) is 7.64. The molecule has 2 aromatic rings. The summed E-state index contributed by atoms with van der Waals surface area (Å²) in [6.45, 7) is 2.84. The summed E-state index contributed by atoms with van der Waals surface area (Å²) in [5, 5.41) is 8.11. The van der Waals surface area contributed by atoms with Gasteiger partial charge in [0.15, 0.2) is 5.16 Å². The highest BCUT2D eigenvalue weighted by molar-refractivity contribution is 7.99. The number of unbranched alkanes of at least 4 members (excludes halogenated alkanes) is 1. The van der Waals surface area contributed by atoms with Crippen LogP contribution in [0.25, 0.3) is 0 Å². The second-order valence-corrected chi connectivity index (χ2v) is 5.60. The molecule has 2 aromatic heterocycles. The molecule has 7 heteroatoms. The molecule has 20 heavy (non-hydrogen) atoms. The van der Waals surface area contributed by atoms with Gasteiger partial charge in [0.25, 0.3) is 0 Å². The molecular formula is C13H20N6S. The summed E-state index contributed by atoms with van der Waals surface area (Å²) in [6.07, 6.45) is 6.12. The fraction of sp³-hybridized carbons (Fsp3) is 0.462. The number of nitrogens with one attached hydrogen (secondary N) is 1. The predicted octanol–water partition coefficient (Wildman–Crippen LogP) is 2.30. The molecule has 0 aliphatic rings. The zero-order valence-corrected chi connectivity index (χ0v) is 12.7. The molecule has 0 aliphatic carbocycles. The first-order chi connectivity index (χ1) is 9.67. The zero-order valence-electron chi connectivity index (χ0n) is 11.8. The zero-order chi connectivity index (χ0) is 14.4. The highest BCUT2D eigenvalue weighted by Gasteiger charge is 2.04. The third kappa shape index (κ3) is 4.41. The number of thioether (sulfide) groups is 1. The van der Waals surface area contributed by atoms with Crippen molar-refractivity contribution in [2.24, 2.45) is 7.05 Å². The van der Waals surface area contributed by atoms with Crippen molar-refractivity contribution >= 4 is 23.4 Å². The van der Waals surface area contributed by atoms with Gasteiger partial charge in [-0.3, -0.25) is 4.68 Å². The van der Waals surface area contributed by atoms with Crippen LogP contribution in [0, 0.1) is 0 Å². The first-order valence-electron chi connectivity index (χ1n) is 6.66. The molecule has 0 amide bonds. The van der Waals surface area contributed by atoms with E-state index in [1.54, 1.807) is 22.5 Å². The minimum Gasteiger partial charge on any atom is -0.383 e. The predicted molar refractivity (Wildman–Crippen MR) is 82.6 cm³/mol. The molecule has 0 saturated carbocycles. The van der Waals surface area contributed by atoms with Crippen LogP contribution in [0.3, 0.4) is 0 Å². The molecule has 2 heterocycles. The van der Waals surface area contributed by atoms with Crippen LogP contribution in [0.2, 0.25) is 0 Å². The smallest absolute Gasteiger partial charge is 0.191 e. The lowest BCUT2D eigenvalue weighted by atomic mass is 10.3. The standard InChI is InChI=1S/C13H20N6S/c1-3-4-5-20-13-17-11(14)6-12(18-13)15-7-10-8-16-19(2)9-10/h6,8-9H,3-5,7H2,1-2H3,(H3,14,15,17,18). The van der Waals surface area contributed by atoms with Gasteiger partial charge in [0.05, 0.1) is 6.20 Å². The lowest BCUT2D eigenvalue weighted by Crippen LogP contribution is -2.04. The Morgan fingerprint density at radius 1 is 1.40 bits per heavy atom. The molecule has 6 nitrogen and oxygen atoms in total. The van der Waals surface area contributed by atoms with Crippen LogP contribution in [0.15, 0.2) is 23.6 Å². The van der Waals surface area contributed by atoms with E-state index in [0.717, 1.165) is 28.7 Å². The largest absolute Gasteiger partial charge is 0.383 e. The first kappa shape index (κ1) is 14.6. The molecule has 0 fully saturated rings. The number of nitrogens with zero attached hydrogens (tertiary/aromatic N) is 4. The summed E-state index contributed by atoms with van der Waals surface area (Å²) < 4.78 is 1.78. The van der Waals surface area contributed by atoms with Gasteiger partial charge in [-0.05, 0) is 6.42 Å². The fourth-order valence-corrected chi connectivity index (χ4v) is 2.61. The Morgan fingerprint density at radius 3 is 2.95 bits per heavy atom. The highest BCUT2D eigenvalue weighted by Crippen LogP contribution is 2.19. The van der Waals surface area contributed by atoms with E-state index in [0.29, 0.717) is 12.4 Å². The molecule has 0 atom stereocenters. The van der Waals surface area contributed by atoms with E-state index in [1.165, 1.54) is 6.42 Å². The van der Waals surface area contributed by atoms with Gasteiger partial charge in [-0.1, -0.05) is 25.1 Å². The van der Waals surface area contributed by atoms with Crippen LogP contribution in [0.4, 0.5) is 11.6 Å². The molecule has 0 bridgehead atoms. The van der Waals surface area contributed by atoms with E-state index in [2.05, 4.69) is 27.3 Å². The lowest BCUT2D eigenvalue weighted by molar-refractivity contribution is 0.767. The van der Waals surface area contributed by atoms with Crippen molar-refractivity contribution in [3.05, 3.63) is 24.0 Å². The van der Waals surface area contributed by atoms with Crippen molar-refractivity contribution in [1.29, 1.82) is 0 Å². The van der Waals surface area contributed by atoms with Crippen molar-refractivity contribution < 1.29 is 0 Å². The second-order valence-electron chi connectivity index (χ2n) is 4.54. The Kier molecular flexibility index (Phi) is 5.23. The van der Waals surface area contributed by atoms with Crippen LogP contribution in [-0.4, -0.2) is 25.5 Å². The van der Waals surface area contributed by atoms with Gasteiger partial charge >= 0.3 is 0 Å². The summed E-state index contributed by atoms with van der Waals surface area (Å²) >= 11 is 1.64. The maximum Gasteiger partial charge on any atom is 0.191 e. The summed E-state index contributed by atoms with van der Waals surface area (Å²) in [6, 6.07) is 1.75. The van der Waals surface area contributed by atoms with E-state index in [1.807, 2.05) is 19.4 Å². The van der Waals surface area contributed by atoms with Gasteiger partial charge in [-0.2, -0.15) is 5.10 Å². The number of anilines is 2. The van der Waals surface area contributed by atoms with Gasteiger partial charge in [-0.25, -0.2) is 9.97 Å². The van der Waals surface area contributed by atoms with Crippen molar-refractivity contribution in [3.63, 3.8) is 0 Å². The number of aryl methyl sites for hydroxylation is 1. The van der Waals surface area contributed by atoms with E-state index in [9.17, 15) is 0 Å². The minimum atomic E-state index is 0.493. The molecule has 108 valence electrons. The van der Waals surface area contributed by atoms with Gasteiger partial charge in [-0.15, -0.1) is 0 Å². The number of aromatic nitrogens is 4. The second kappa shape index (κ2) is 7.14. The molecule has 0 spiro atoms. The Balaban J connectivity index is 1.96. The molecule has 3 N–H and O–H groups in total. The normalized spacial score (nSPS) is 10.7. The summed E-state index contributed by atoms with van der Waals surface area (Å²) in [4.78, 5) is 8.70. The number of nitrogen functional groups attached to an aromatic ring is 1. The van der Waals surface area contributed by atoms with Crippen molar-refractivity contribution in [2.45, 2.75) is 31.5 Å². The molecule has 0 unspecified atom stereocenters. The summed E-state index contributed by atoms with van der Waals surface area (Å²) in [7, 11) is 1.90. The Labute approximate surface area is 123 Å². The van der Waals surface area contributed by atoms with Crippen LogP contribution in [0.5, 0.6) is 0 Å². The quantitative estimate of drug-likeness (QED) is 0.463. The average molecular weight is 292 g/mol. The van der Waals surface area contributed by atoms with Crippen molar-refractivity contribution in [2.75, 3.05) is 16.8 Å². The van der Waals surface area contributed by atoms with Gasteiger partial charge in [0, 0.05) is 37.2 Å². The van der Waals surface area contributed by atoms with Crippen molar-refractivity contribution in [1.82, 2.24) is 19.7 Å². The van der Waals surface area contributed by atoms with E-state index in [4.69, 9.17) is 5.73 Å².